The van der Waals surface area contributed by atoms with Crippen LogP contribution >= 0.6 is 0 Å². The lowest BCUT2D eigenvalue weighted by Crippen LogP contribution is -2.44. The lowest BCUT2D eigenvalue weighted by atomic mass is 9.94. The Balaban J connectivity index is 1.51. The number of rotatable bonds is 4. The van der Waals surface area contributed by atoms with E-state index in [0.29, 0.717) is 43.5 Å². The molecule has 3 aromatic rings. The highest BCUT2D eigenvalue weighted by atomic mass is 16.5. The van der Waals surface area contributed by atoms with Crippen molar-refractivity contribution < 1.29 is 19.0 Å². The molecule has 2 aliphatic rings. The summed E-state index contributed by atoms with van der Waals surface area (Å²) in [7, 11) is 1.61. The summed E-state index contributed by atoms with van der Waals surface area (Å²) in [5, 5.41) is 2.07. The number of hydrogen-bond acceptors (Lipinski definition) is 6. The number of methoxy groups -OCH3 is 1. The minimum Gasteiger partial charge on any atom is -0.481 e. The lowest BCUT2D eigenvalue weighted by Gasteiger charge is -2.31. The molecule has 0 N–H and O–H groups in total. The van der Waals surface area contributed by atoms with Gasteiger partial charge in [0, 0.05) is 30.3 Å². The molecule has 1 atom stereocenters. The molecule has 0 amide bonds. The Morgan fingerprint density at radius 3 is 2.81 bits per heavy atom. The van der Waals surface area contributed by atoms with E-state index in [2.05, 4.69) is 16.0 Å². The van der Waals surface area contributed by atoms with Crippen LogP contribution in [0, 0.1) is 0 Å². The van der Waals surface area contributed by atoms with E-state index in [-0.39, 0.29) is 11.8 Å². The van der Waals surface area contributed by atoms with E-state index >= 15 is 0 Å². The second-order valence-corrected chi connectivity index (χ2v) is 8.16. The number of benzene rings is 2. The van der Waals surface area contributed by atoms with E-state index in [0.717, 1.165) is 41.3 Å². The van der Waals surface area contributed by atoms with Crippen LogP contribution in [0.3, 0.4) is 0 Å². The number of pyridine rings is 1. The molecule has 0 aliphatic carbocycles. The van der Waals surface area contributed by atoms with Crippen molar-refractivity contribution in [2.24, 2.45) is 0 Å². The van der Waals surface area contributed by atoms with Crippen LogP contribution in [0.25, 0.3) is 10.8 Å². The Bertz CT molecular complexity index is 1090. The minimum absolute atomic E-state index is 0.0953. The molecule has 1 aromatic heterocycles. The van der Waals surface area contributed by atoms with Crippen LogP contribution in [0.15, 0.2) is 48.7 Å². The molecule has 160 valence electrons. The van der Waals surface area contributed by atoms with Gasteiger partial charge in [-0.25, -0.2) is 4.98 Å². The summed E-state index contributed by atoms with van der Waals surface area (Å²) in [6, 6.07) is 14.2. The van der Waals surface area contributed by atoms with Gasteiger partial charge in [0.25, 0.3) is 0 Å². The molecule has 6 nitrogen and oxygen atoms in total. The highest BCUT2D eigenvalue weighted by Gasteiger charge is 2.30. The minimum atomic E-state index is 0.0953. The maximum Gasteiger partial charge on any atom is 0.212 e. The van der Waals surface area contributed by atoms with E-state index in [4.69, 9.17) is 14.2 Å². The Morgan fingerprint density at radius 2 is 2.06 bits per heavy atom. The van der Waals surface area contributed by atoms with Gasteiger partial charge in [-0.15, -0.1) is 0 Å². The predicted octanol–water partition coefficient (Wildman–Crippen LogP) is 3.85. The molecular formula is C25H26N2O4. The molecule has 2 aliphatic heterocycles. The Kier molecular flexibility index (Phi) is 5.57. The summed E-state index contributed by atoms with van der Waals surface area (Å²) in [4.78, 5) is 19.7. The average molecular weight is 418 g/mol. The lowest BCUT2D eigenvalue weighted by molar-refractivity contribution is -0.00514. The molecule has 1 unspecified atom stereocenters. The first-order valence-corrected chi connectivity index (χ1v) is 10.7. The van der Waals surface area contributed by atoms with Gasteiger partial charge in [0.15, 0.2) is 5.78 Å². The monoisotopic (exact) mass is 418 g/mol. The van der Waals surface area contributed by atoms with Gasteiger partial charge in [0.05, 0.1) is 25.8 Å². The van der Waals surface area contributed by atoms with Crippen LogP contribution in [0.4, 0.5) is 0 Å². The molecule has 2 aromatic carbocycles. The summed E-state index contributed by atoms with van der Waals surface area (Å²) in [6.45, 7) is 2.21. The number of aromatic nitrogens is 1. The van der Waals surface area contributed by atoms with E-state index in [9.17, 15) is 4.79 Å². The van der Waals surface area contributed by atoms with Gasteiger partial charge in [-0.3, -0.25) is 9.69 Å². The fraction of sp³-hybridized carbons (Fsp3) is 0.360. The first kappa shape index (κ1) is 20.0. The standard InChI is InChI=1S/C25H26N2O4/c1-29-24-9-8-17(13-26-24)11-18-12-22-23(28)14-27(19-5-4-10-30-15-19)16-31-25(22)21-7-3-2-6-20(18)21/h2-3,6-9,12-13,19H,4-5,10-11,14-16H2,1H3. The second kappa shape index (κ2) is 8.65. The number of Topliss-reactive ketones (excluding diaryl/α,β-unsaturated/α-hetero) is 1. The number of ether oxygens (including phenoxy) is 3. The van der Waals surface area contributed by atoms with Crippen molar-refractivity contribution in [3.63, 3.8) is 0 Å². The number of carbonyl (C=O) groups is 1. The van der Waals surface area contributed by atoms with Gasteiger partial charge < -0.3 is 14.2 Å². The van der Waals surface area contributed by atoms with Crippen molar-refractivity contribution >= 4 is 16.6 Å². The number of ketones is 1. The summed E-state index contributed by atoms with van der Waals surface area (Å²) in [5.41, 5.74) is 2.82. The molecule has 0 radical (unpaired) electrons. The molecule has 6 heteroatoms. The van der Waals surface area contributed by atoms with Crippen molar-refractivity contribution in [1.29, 1.82) is 0 Å². The summed E-state index contributed by atoms with van der Waals surface area (Å²) in [6.07, 6.45) is 4.55. The number of carbonyl (C=O) groups excluding carboxylic acids is 1. The molecular weight excluding hydrogens is 392 g/mol. The third-order valence-electron chi connectivity index (χ3n) is 6.16. The van der Waals surface area contributed by atoms with Crippen LogP contribution in [-0.2, 0) is 11.2 Å². The van der Waals surface area contributed by atoms with E-state index < -0.39 is 0 Å². The van der Waals surface area contributed by atoms with E-state index in [1.165, 1.54) is 0 Å². The highest BCUT2D eigenvalue weighted by molar-refractivity contribution is 6.07. The maximum absolute atomic E-state index is 13.3. The van der Waals surface area contributed by atoms with Crippen LogP contribution in [0.2, 0.25) is 0 Å². The molecule has 31 heavy (non-hydrogen) atoms. The number of nitrogens with zero attached hydrogens (tertiary/aromatic N) is 2. The largest absolute Gasteiger partial charge is 0.481 e. The fourth-order valence-electron chi connectivity index (χ4n) is 4.50. The molecule has 0 bridgehead atoms. The van der Waals surface area contributed by atoms with Crippen molar-refractivity contribution in [3.8, 4) is 11.6 Å². The van der Waals surface area contributed by atoms with Crippen molar-refractivity contribution in [2.75, 3.05) is 33.6 Å². The topological polar surface area (TPSA) is 60.9 Å². The quantitative estimate of drug-likeness (QED) is 0.642. The SMILES string of the molecule is COc1ccc(Cc2cc3c(c4ccccc24)OCN(C2CCCOC2)CC3=O)cn1. The third kappa shape index (κ3) is 4.01. The molecule has 1 fully saturated rings. The Morgan fingerprint density at radius 1 is 1.19 bits per heavy atom. The Hall–Kier alpha value is -2.96. The van der Waals surface area contributed by atoms with Crippen LogP contribution in [0.1, 0.15) is 34.3 Å². The van der Waals surface area contributed by atoms with Gasteiger partial charge >= 0.3 is 0 Å². The fourth-order valence-corrected chi connectivity index (χ4v) is 4.50. The molecule has 1 saturated heterocycles. The molecule has 0 saturated carbocycles. The zero-order chi connectivity index (χ0) is 21.2. The highest BCUT2D eigenvalue weighted by Crippen LogP contribution is 2.36. The smallest absolute Gasteiger partial charge is 0.212 e. The van der Waals surface area contributed by atoms with Crippen molar-refractivity contribution in [1.82, 2.24) is 9.88 Å². The molecule has 5 rings (SSSR count). The van der Waals surface area contributed by atoms with Crippen LogP contribution < -0.4 is 9.47 Å². The number of hydrogen-bond donors (Lipinski definition) is 0. The Labute approximate surface area is 181 Å². The average Bonchev–Trinajstić information content (AvgIpc) is 2.99. The number of fused-ring (bicyclic) bond motifs is 3. The first-order chi connectivity index (χ1) is 15.2. The second-order valence-electron chi connectivity index (χ2n) is 8.16. The van der Waals surface area contributed by atoms with Crippen LogP contribution in [-0.4, -0.2) is 55.3 Å². The molecule has 0 spiro atoms. The first-order valence-electron chi connectivity index (χ1n) is 10.7. The van der Waals surface area contributed by atoms with E-state index in [1.807, 2.05) is 42.6 Å². The van der Waals surface area contributed by atoms with Crippen molar-refractivity contribution in [2.45, 2.75) is 25.3 Å². The zero-order valence-electron chi connectivity index (χ0n) is 17.7. The third-order valence-corrected chi connectivity index (χ3v) is 6.16. The van der Waals surface area contributed by atoms with E-state index in [1.54, 1.807) is 7.11 Å². The van der Waals surface area contributed by atoms with Gasteiger partial charge in [-0.1, -0.05) is 30.3 Å². The summed E-state index contributed by atoms with van der Waals surface area (Å²) < 4.78 is 17.1. The predicted molar refractivity (Wildman–Crippen MR) is 118 cm³/mol. The summed E-state index contributed by atoms with van der Waals surface area (Å²) in [5.74, 6) is 1.38. The van der Waals surface area contributed by atoms with Gasteiger partial charge in [-0.05, 0) is 41.8 Å². The van der Waals surface area contributed by atoms with Gasteiger partial charge in [0.1, 0.15) is 12.5 Å². The normalized spacial score (nSPS) is 19.5. The van der Waals surface area contributed by atoms with Gasteiger partial charge in [0.2, 0.25) is 5.88 Å². The van der Waals surface area contributed by atoms with Gasteiger partial charge in [-0.2, -0.15) is 0 Å². The maximum atomic E-state index is 13.3. The summed E-state index contributed by atoms with van der Waals surface area (Å²) >= 11 is 0. The molecule has 3 heterocycles. The van der Waals surface area contributed by atoms with Crippen molar-refractivity contribution in [3.05, 3.63) is 65.4 Å². The zero-order valence-corrected chi connectivity index (χ0v) is 17.7. The van der Waals surface area contributed by atoms with Crippen LogP contribution in [0.5, 0.6) is 11.6 Å².